The second kappa shape index (κ2) is 3.91. The molecule has 90 valence electrons. The monoisotopic (exact) mass is 231 g/mol. The summed E-state index contributed by atoms with van der Waals surface area (Å²) >= 11 is 0. The maximum absolute atomic E-state index is 11.9. The summed E-state index contributed by atoms with van der Waals surface area (Å²) in [7, 11) is 1.87. The maximum Gasteiger partial charge on any atom is 0.242 e. The highest BCUT2D eigenvalue weighted by atomic mass is 16.5. The Kier molecular flexibility index (Phi) is 2.69. The molecule has 0 unspecified atom stereocenters. The Labute approximate surface area is 101 Å². The molecule has 0 N–H and O–H groups in total. The molecule has 0 atom stereocenters. The van der Waals surface area contributed by atoms with E-state index in [-0.39, 0.29) is 11.4 Å². The van der Waals surface area contributed by atoms with Crippen molar-refractivity contribution in [3.05, 3.63) is 36.2 Å². The smallest absolute Gasteiger partial charge is 0.242 e. The van der Waals surface area contributed by atoms with Gasteiger partial charge in [-0.3, -0.25) is 0 Å². The summed E-state index contributed by atoms with van der Waals surface area (Å²) in [6.07, 6.45) is 0. The zero-order valence-electron chi connectivity index (χ0n) is 10.7. The number of aromatic nitrogens is 1. The first-order chi connectivity index (χ1) is 7.91. The van der Waals surface area contributed by atoms with E-state index in [0.717, 1.165) is 5.56 Å². The fraction of sp³-hybridized carbons (Fsp3) is 0.357. The zero-order chi connectivity index (χ0) is 12.6. The molecule has 17 heavy (non-hydrogen) atoms. The summed E-state index contributed by atoms with van der Waals surface area (Å²) in [6.45, 7) is 6.08. The van der Waals surface area contributed by atoms with Gasteiger partial charge in [-0.05, 0) is 32.9 Å². The van der Waals surface area contributed by atoms with Gasteiger partial charge >= 0.3 is 0 Å². The molecule has 0 saturated carbocycles. The molecule has 0 aliphatic carbocycles. The molecule has 0 amide bonds. The minimum Gasteiger partial charge on any atom is -0.540 e. The Morgan fingerprint density at radius 3 is 2.18 bits per heavy atom. The summed E-state index contributed by atoms with van der Waals surface area (Å²) in [5.74, 6) is 0.421. The molecule has 0 fully saturated rings. The molecular weight excluding hydrogens is 214 g/mol. The Morgan fingerprint density at radius 1 is 1.12 bits per heavy atom. The third-order valence-corrected chi connectivity index (χ3v) is 2.71. The van der Waals surface area contributed by atoms with Crippen LogP contribution in [-0.4, -0.2) is 0 Å². The standard InChI is InChI=1S/C14H17NO2/c1-14(2,3)13-15(4)11(12(16)17-13)10-8-6-5-7-9-10/h5-9H,1-4H3. The van der Waals surface area contributed by atoms with E-state index in [1.165, 1.54) is 0 Å². The van der Waals surface area contributed by atoms with Gasteiger partial charge in [0.05, 0.1) is 5.41 Å². The lowest BCUT2D eigenvalue weighted by atomic mass is 9.96. The van der Waals surface area contributed by atoms with Gasteiger partial charge in [-0.15, -0.1) is 0 Å². The minimum absolute atomic E-state index is 0.180. The van der Waals surface area contributed by atoms with Gasteiger partial charge < -0.3 is 9.52 Å². The molecule has 2 rings (SSSR count). The van der Waals surface area contributed by atoms with E-state index in [0.29, 0.717) is 11.6 Å². The summed E-state index contributed by atoms with van der Waals surface area (Å²) in [6, 6.07) is 9.59. The highest BCUT2D eigenvalue weighted by Gasteiger charge is 2.28. The molecule has 3 heteroatoms. The van der Waals surface area contributed by atoms with Gasteiger partial charge in [-0.25, -0.2) is 0 Å². The molecule has 0 radical (unpaired) electrons. The van der Waals surface area contributed by atoms with Crippen molar-refractivity contribution in [2.24, 2.45) is 7.05 Å². The van der Waals surface area contributed by atoms with E-state index in [9.17, 15) is 5.11 Å². The summed E-state index contributed by atoms with van der Waals surface area (Å²) in [5, 5.41) is 11.9. The molecule has 0 saturated heterocycles. The van der Waals surface area contributed by atoms with Crippen LogP contribution in [0, 0.1) is 0 Å². The largest absolute Gasteiger partial charge is 0.540 e. The normalized spacial score (nSPS) is 11.8. The quantitative estimate of drug-likeness (QED) is 0.705. The second-order valence-corrected chi connectivity index (χ2v) is 5.22. The van der Waals surface area contributed by atoms with Crippen molar-refractivity contribution >= 4 is 0 Å². The molecule has 0 aliphatic heterocycles. The van der Waals surface area contributed by atoms with Gasteiger partial charge in [0.2, 0.25) is 11.6 Å². The number of nitrogens with zero attached hydrogens (tertiary/aromatic N) is 1. The molecule has 1 aromatic heterocycles. The van der Waals surface area contributed by atoms with Crippen molar-refractivity contribution in [1.29, 1.82) is 0 Å². The Bertz CT molecular complexity index is 521. The van der Waals surface area contributed by atoms with Crippen LogP contribution in [0.15, 0.2) is 34.7 Å². The number of oxazole rings is 1. The fourth-order valence-electron chi connectivity index (χ4n) is 2.01. The average Bonchev–Trinajstić information content (AvgIpc) is 2.55. The van der Waals surface area contributed by atoms with Crippen LogP contribution >= 0.6 is 0 Å². The van der Waals surface area contributed by atoms with Gasteiger partial charge in [-0.2, -0.15) is 4.57 Å². The molecule has 2 aromatic rings. The van der Waals surface area contributed by atoms with Crippen LogP contribution in [0.4, 0.5) is 0 Å². The van der Waals surface area contributed by atoms with Crippen molar-refractivity contribution in [2.45, 2.75) is 26.2 Å². The first-order valence-corrected chi connectivity index (χ1v) is 5.67. The fourth-order valence-corrected chi connectivity index (χ4v) is 2.01. The van der Waals surface area contributed by atoms with E-state index in [2.05, 4.69) is 0 Å². The van der Waals surface area contributed by atoms with Crippen LogP contribution in [0.1, 0.15) is 26.7 Å². The lowest BCUT2D eigenvalue weighted by Gasteiger charge is -2.13. The van der Waals surface area contributed by atoms with Crippen molar-refractivity contribution in [2.75, 3.05) is 0 Å². The van der Waals surface area contributed by atoms with Crippen LogP contribution in [0.3, 0.4) is 0 Å². The first-order valence-electron chi connectivity index (χ1n) is 5.67. The van der Waals surface area contributed by atoms with Crippen LogP contribution in [0.5, 0.6) is 5.95 Å². The average molecular weight is 231 g/mol. The molecule has 0 bridgehead atoms. The van der Waals surface area contributed by atoms with Gasteiger partial charge in [0, 0.05) is 5.56 Å². The number of hydrogen-bond acceptors (Lipinski definition) is 2. The number of hydrogen-bond donors (Lipinski definition) is 0. The van der Waals surface area contributed by atoms with Crippen LogP contribution in [0.2, 0.25) is 0 Å². The van der Waals surface area contributed by atoms with Crippen molar-refractivity contribution in [1.82, 2.24) is 0 Å². The molecular formula is C14H17NO2. The third kappa shape index (κ3) is 2.05. The van der Waals surface area contributed by atoms with Gasteiger partial charge in [0.1, 0.15) is 13.0 Å². The van der Waals surface area contributed by atoms with Crippen LogP contribution < -0.4 is 9.67 Å². The van der Waals surface area contributed by atoms with Crippen molar-refractivity contribution < 1.29 is 14.1 Å². The van der Waals surface area contributed by atoms with E-state index < -0.39 is 0 Å². The third-order valence-electron chi connectivity index (χ3n) is 2.71. The molecule has 1 aromatic carbocycles. The molecule has 0 spiro atoms. The second-order valence-electron chi connectivity index (χ2n) is 5.22. The Hall–Kier alpha value is -1.77. The predicted molar refractivity (Wildman–Crippen MR) is 63.5 cm³/mol. The number of rotatable bonds is 1. The summed E-state index contributed by atoms with van der Waals surface area (Å²) in [5.41, 5.74) is 1.32. The van der Waals surface area contributed by atoms with Crippen molar-refractivity contribution in [3.63, 3.8) is 0 Å². The molecule has 0 aliphatic rings. The SMILES string of the molecule is C[n+]1c(C(C)(C)C)oc([O-])c1-c1ccccc1. The van der Waals surface area contributed by atoms with E-state index in [1.807, 2.05) is 62.7 Å². The van der Waals surface area contributed by atoms with Crippen LogP contribution in [-0.2, 0) is 12.5 Å². The van der Waals surface area contributed by atoms with Gasteiger partial charge in [-0.1, -0.05) is 18.2 Å². The summed E-state index contributed by atoms with van der Waals surface area (Å²) in [4.78, 5) is 0. The first kappa shape index (κ1) is 11.7. The van der Waals surface area contributed by atoms with E-state index >= 15 is 0 Å². The van der Waals surface area contributed by atoms with Crippen molar-refractivity contribution in [3.8, 4) is 17.2 Å². The maximum atomic E-state index is 11.9. The van der Waals surface area contributed by atoms with E-state index in [4.69, 9.17) is 4.42 Å². The topological polar surface area (TPSA) is 40.1 Å². The summed E-state index contributed by atoms with van der Waals surface area (Å²) < 4.78 is 7.22. The molecule has 3 nitrogen and oxygen atoms in total. The minimum atomic E-state index is -0.274. The zero-order valence-corrected chi connectivity index (χ0v) is 10.7. The van der Waals surface area contributed by atoms with Crippen LogP contribution in [0.25, 0.3) is 11.3 Å². The highest BCUT2D eigenvalue weighted by molar-refractivity contribution is 5.59. The highest BCUT2D eigenvalue weighted by Crippen LogP contribution is 2.30. The number of benzene rings is 1. The lowest BCUT2D eigenvalue weighted by molar-refractivity contribution is -0.676. The van der Waals surface area contributed by atoms with Gasteiger partial charge in [0.25, 0.3) is 0 Å². The van der Waals surface area contributed by atoms with Gasteiger partial charge in [0.15, 0.2) is 0 Å². The molecule has 1 heterocycles. The predicted octanol–water partition coefficient (Wildman–Crippen LogP) is 2.14. The van der Waals surface area contributed by atoms with E-state index in [1.54, 1.807) is 0 Å². The Balaban J connectivity index is 2.61. The lowest BCUT2D eigenvalue weighted by Crippen LogP contribution is -2.38. The Morgan fingerprint density at radius 2 is 1.71 bits per heavy atom.